The topological polar surface area (TPSA) is 197 Å². The number of ether oxygens (including phenoxy) is 6. The molecular formula is C102H180N12O12S6. The second kappa shape index (κ2) is 60.3. The van der Waals surface area contributed by atoms with E-state index in [9.17, 15) is 28.8 Å². The lowest BCUT2D eigenvalue weighted by Gasteiger charge is -2.30. The molecule has 0 atom stereocenters. The average Bonchev–Trinajstić information content (AvgIpc) is 0.779. The molecule has 0 radical (unpaired) electrons. The number of nitrogens with zero attached hydrogens (tertiary/aromatic N) is 12. The van der Waals surface area contributed by atoms with Crippen molar-refractivity contribution < 1.29 is 28.4 Å². The Labute approximate surface area is 829 Å². The maximum absolute atomic E-state index is 12.0. The van der Waals surface area contributed by atoms with Gasteiger partial charge in [0.15, 0.2) is 0 Å². The first-order chi connectivity index (χ1) is 61.3. The van der Waals surface area contributed by atoms with Crippen molar-refractivity contribution in [3.63, 3.8) is 0 Å². The first-order valence-corrected chi connectivity index (χ1v) is 50.7. The lowest BCUT2D eigenvalue weighted by atomic mass is 9.82. The van der Waals surface area contributed by atoms with E-state index in [-0.39, 0.29) is 65.1 Å². The molecule has 24 nitrogen and oxygen atoms in total. The van der Waals surface area contributed by atoms with Crippen molar-refractivity contribution in [2.24, 2.45) is 0 Å². The first-order valence-electron chi connectivity index (χ1n) is 48.2. The fourth-order valence-electron chi connectivity index (χ4n) is 15.3. The Balaban J connectivity index is 0.000000793. The Morgan fingerprint density at radius 3 is 0.568 bits per heavy atom. The molecule has 0 aliphatic carbocycles. The molecular weight excluding hydrogens is 1780 g/mol. The summed E-state index contributed by atoms with van der Waals surface area (Å²) in [6.45, 7) is 81.6. The summed E-state index contributed by atoms with van der Waals surface area (Å²) in [5.74, 6) is 0. The molecule has 0 fully saturated rings. The van der Waals surface area contributed by atoms with Crippen LogP contribution in [0.1, 0.15) is 239 Å². The second-order valence-electron chi connectivity index (χ2n) is 41.3. The van der Waals surface area contributed by atoms with Crippen molar-refractivity contribution in [1.29, 1.82) is 0 Å². The number of hydrogen-bond donors (Lipinski definition) is 0. The minimum Gasteiger partial charge on any atom is -0.378 e. The predicted octanol–water partition coefficient (Wildman–Crippen LogP) is 16.5. The zero-order valence-corrected chi connectivity index (χ0v) is 94.1. The van der Waals surface area contributed by atoms with Gasteiger partial charge in [-0.3, -0.25) is 28.8 Å². The third kappa shape index (κ3) is 40.3. The Morgan fingerprint density at radius 1 is 0.205 bits per heavy atom. The molecule has 6 rings (SSSR count). The maximum Gasteiger partial charge on any atom is 0.204 e. The summed E-state index contributed by atoms with van der Waals surface area (Å²) in [7, 11) is 20.1. The van der Waals surface area contributed by atoms with Gasteiger partial charge in [-0.1, -0.05) is 253 Å². The molecule has 0 aromatic heterocycles. The molecule has 0 heterocycles. The highest BCUT2D eigenvalue weighted by Crippen LogP contribution is 2.38. The highest BCUT2D eigenvalue weighted by molar-refractivity contribution is 7.72. The van der Waals surface area contributed by atoms with Crippen LogP contribution in [-0.4, -0.2) is 310 Å². The van der Waals surface area contributed by atoms with Crippen molar-refractivity contribution >= 4 is 107 Å². The van der Waals surface area contributed by atoms with Gasteiger partial charge in [-0.05, 0) is 139 Å². The van der Waals surface area contributed by atoms with Gasteiger partial charge < -0.3 is 87.2 Å². The molecule has 0 saturated heterocycles. The fourth-order valence-corrected chi connectivity index (χ4v) is 17.5. The number of rotatable bonds is 54. The summed E-state index contributed by atoms with van der Waals surface area (Å²) in [6, 6.07) is 0. The van der Waals surface area contributed by atoms with Crippen LogP contribution in [0.2, 0.25) is 0 Å². The van der Waals surface area contributed by atoms with Gasteiger partial charge >= 0.3 is 0 Å². The molecule has 6 aromatic carbocycles. The largest absolute Gasteiger partial charge is 0.378 e. The Bertz CT molecular complexity index is 4770. The summed E-state index contributed by atoms with van der Waals surface area (Å²) in [4.78, 5) is 97.9. The van der Waals surface area contributed by atoms with Gasteiger partial charge in [0.2, 0.25) is 32.6 Å². The minimum atomic E-state index is -0.162. The van der Waals surface area contributed by atoms with E-state index in [1.54, 1.807) is 0 Å². The van der Waals surface area contributed by atoms with Crippen LogP contribution in [0, 0.1) is 27.1 Å². The van der Waals surface area contributed by atoms with Gasteiger partial charge in [0.05, 0.1) is 113 Å². The van der Waals surface area contributed by atoms with Crippen LogP contribution in [-0.2, 0) is 60.9 Å². The Kier molecular flexibility index (Phi) is 57.3. The summed E-state index contributed by atoms with van der Waals surface area (Å²) >= 11 is 31.3. The van der Waals surface area contributed by atoms with E-state index in [2.05, 4.69) is 202 Å². The van der Waals surface area contributed by atoms with Crippen molar-refractivity contribution in [3.05, 3.63) is 122 Å². The molecule has 0 aliphatic heterocycles. The van der Waals surface area contributed by atoms with Gasteiger partial charge in [-0.15, -0.1) is 0 Å². The van der Waals surface area contributed by atoms with Gasteiger partial charge in [0, 0.05) is 154 Å². The van der Waals surface area contributed by atoms with Gasteiger partial charge in [-0.25, -0.2) is 0 Å². The van der Waals surface area contributed by atoms with Crippen LogP contribution in [0.15, 0.2) is 28.8 Å². The zero-order valence-electron chi connectivity index (χ0n) is 89.2. The standard InChI is InChI=1S/C19H34N2O2S.C18H32N2O2S.2C17H30N2O2S.C16H28N2O2S.C15H26N2O2S/c1-7-9-21(10-8-2)12-14-23-13-11-20(6)16-15(19(3,4)5)17(22)18(16)24;1-7-9-20(8-2)11-13-22-12-10-19(6)15-14(18(3,4)5)16(21)17(15)23;1-7-8-18(5)9-11-21-12-10-19(6)14-13(17(2,3)4)15(20)16(14)22;1-7-19(8-2)10-12-21-11-9-18(6)14-13(17(3,4)5)15(20)16(14)22;1-7-17(5)8-10-20-11-9-18(6)13-12(16(2,3)4)14(19)15(13)21;1-15(2,3)11-12(14(20)13(11)18)17(6)8-10-19-9-7-16(4)5/h7-14H2,1-6H3;7-13H2,1-6H3;2*7-12H2,1-6H3;7-11H2,1-6H3;7-10H2,1-6H3. The molecule has 6 aromatic rings. The Hall–Kier alpha value is -4.68. The van der Waals surface area contributed by atoms with Gasteiger partial charge in [0.1, 0.15) is 27.1 Å². The fraction of sp³-hybridized carbons (Fsp3) is 0.765. The van der Waals surface area contributed by atoms with Crippen molar-refractivity contribution in [3.8, 4) is 0 Å². The smallest absolute Gasteiger partial charge is 0.204 e. The highest BCUT2D eigenvalue weighted by atomic mass is 32.1. The molecule has 756 valence electrons. The summed E-state index contributed by atoms with van der Waals surface area (Å²) in [6.07, 6.45) is 4.69. The van der Waals surface area contributed by atoms with E-state index in [1.807, 2.05) is 108 Å². The van der Waals surface area contributed by atoms with E-state index in [0.717, 1.165) is 244 Å². The maximum atomic E-state index is 12.0. The van der Waals surface area contributed by atoms with Crippen molar-refractivity contribution in [1.82, 2.24) is 29.4 Å². The highest BCUT2D eigenvalue weighted by Gasteiger charge is 2.36. The quantitative estimate of drug-likeness (QED) is 0.0258. The van der Waals surface area contributed by atoms with Gasteiger partial charge in [0.25, 0.3) is 0 Å². The predicted molar refractivity (Wildman–Crippen MR) is 579 cm³/mol. The molecule has 0 spiro atoms. The third-order valence-corrected chi connectivity index (χ3v) is 25.5. The molecule has 0 saturated carbocycles. The van der Waals surface area contributed by atoms with Crippen molar-refractivity contribution in [2.75, 3.05) is 310 Å². The lowest BCUT2D eigenvalue weighted by molar-refractivity contribution is 0.108. The molecule has 0 N–H and O–H groups in total. The molecule has 132 heavy (non-hydrogen) atoms. The summed E-state index contributed by atoms with van der Waals surface area (Å²) < 4.78 is 37.0. The van der Waals surface area contributed by atoms with E-state index in [1.165, 1.54) is 19.3 Å². The van der Waals surface area contributed by atoms with Gasteiger partial charge in [-0.2, -0.15) is 0 Å². The van der Waals surface area contributed by atoms with Crippen LogP contribution in [0.4, 0.5) is 34.1 Å². The lowest BCUT2D eigenvalue weighted by Crippen LogP contribution is -2.36. The number of likely N-dealkylation sites (N-methyl/N-ethyl adjacent to an activating group) is 11. The number of hydrogen-bond acceptors (Lipinski definition) is 30. The molecule has 0 bridgehead atoms. The van der Waals surface area contributed by atoms with E-state index >= 15 is 0 Å². The van der Waals surface area contributed by atoms with Crippen LogP contribution in [0.3, 0.4) is 0 Å². The summed E-state index contributed by atoms with van der Waals surface area (Å²) in [5.41, 5.74) is 9.92. The molecule has 0 amide bonds. The van der Waals surface area contributed by atoms with E-state index < -0.39 is 0 Å². The average molecular weight is 1960 g/mol. The van der Waals surface area contributed by atoms with Crippen LogP contribution in [0.5, 0.6) is 0 Å². The van der Waals surface area contributed by atoms with Crippen LogP contribution >= 0.6 is 73.3 Å². The second-order valence-corrected chi connectivity index (χ2v) is 43.7. The monoisotopic (exact) mass is 1960 g/mol. The van der Waals surface area contributed by atoms with Crippen LogP contribution < -0.4 is 62.0 Å². The SMILES string of the molecule is CCCN(C)CCOCCN(C)c1c(C(C)(C)C)c(=O)c1=S.CCCN(CC)CCOCCN(C)c1c(C(C)(C)C)c(=O)c1=S.CCCN(CCC)CCOCCN(C)c1c(C(C)(C)C)c(=O)c1=S.CCN(C)CCOCCN(C)c1c(C(C)(C)C)c(=O)c1=S.CCN(CC)CCOCCN(C)c1c(C(C)(C)C)c(=O)c1=S.CN(C)CCOCCN(C)c1c(C(C)(C)C)c(=O)c1=S. The van der Waals surface area contributed by atoms with E-state index in [4.69, 9.17) is 102 Å². The minimum absolute atomic E-state index is 0.0304. The molecule has 0 unspecified atom stereocenters. The molecule has 0 aliphatic rings. The first kappa shape index (κ1) is 125. The van der Waals surface area contributed by atoms with Crippen molar-refractivity contribution in [2.45, 2.75) is 238 Å². The third-order valence-electron chi connectivity index (χ3n) is 23.2. The van der Waals surface area contributed by atoms with Crippen LogP contribution in [0.25, 0.3) is 0 Å². The zero-order chi connectivity index (χ0) is 101. The number of anilines is 6. The summed E-state index contributed by atoms with van der Waals surface area (Å²) in [5, 5.41) is 0. The molecule has 30 heteroatoms. The van der Waals surface area contributed by atoms with E-state index in [0.29, 0.717) is 66.7 Å². The normalized spacial score (nSPS) is 12.3. The Morgan fingerprint density at radius 2 is 0.379 bits per heavy atom.